The first-order valence-corrected chi connectivity index (χ1v) is 8.21. The Bertz CT molecular complexity index is 807. The van der Waals surface area contributed by atoms with E-state index in [9.17, 15) is 4.79 Å². The van der Waals surface area contributed by atoms with Crippen LogP contribution in [0.1, 0.15) is 22.2 Å². The van der Waals surface area contributed by atoms with E-state index in [1.54, 1.807) is 18.3 Å². The molecule has 2 nitrogen and oxygen atoms in total. The number of ketones is 1. The maximum absolute atomic E-state index is 11.9. The van der Waals surface area contributed by atoms with Crippen molar-refractivity contribution in [3.8, 4) is 5.75 Å². The number of ether oxygens (including phenoxy) is 1. The third kappa shape index (κ3) is 2.87. The third-order valence-electron chi connectivity index (χ3n) is 3.30. The molecular weight excluding hydrogens is 348 g/mol. The highest BCUT2D eigenvalue weighted by Gasteiger charge is 2.13. The number of carbonyl (C=O) groups excluding carboxylic acids is 1. The molecule has 0 atom stereocenters. The van der Waals surface area contributed by atoms with Crippen molar-refractivity contribution in [1.29, 1.82) is 0 Å². The first-order valence-electron chi connectivity index (χ1n) is 6.54. The first kappa shape index (κ1) is 14.3. The maximum Gasteiger partial charge on any atom is 0.163 e. The average molecular weight is 361 g/mol. The zero-order valence-corrected chi connectivity index (χ0v) is 13.8. The molecular formula is C17H13BrO2S. The second-order valence-electron chi connectivity index (χ2n) is 4.70. The van der Waals surface area contributed by atoms with Gasteiger partial charge in [-0.05, 0) is 45.8 Å². The number of benzene rings is 2. The molecule has 0 saturated carbocycles. The molecule has 3 rings (SSSR count). The Morgan fingerprint density at radius 3 is 2.71 bits per heavy atom. The molecule has 106 valence electrons. The Balaban J connectivity index is 2.04. The summed E-state index contributed by atoms with van der Waals surface area (Å²) in [5.41, 5.74) is 0.626. The van der Waals surface area contributed by atoms with Crippen molar-refractivity contribution in [2.24, 2.45) is 0 Å². The van der Waals surface area contributed by atoms with Crippen molar-refractivity contribution < 1.29 is 9.53 Å². The minimum absolute atomic E-state index is 0.0148. The summed E-state index contributed by atoms with van der Waals surface area (Å²) in [6.07, 6.45) is 0. The highest BCUT2D eigenvalue weighted by Crippen LogP contribution is 2.32. The topological polar surface area (TPSA) is 26.3 Å². The molecule has 0 spiro atoms. The summed E-state index contributed by atoms with van der Waals surface area (Å²) in [7, 11) is 0. The van der Waals surface area contributed by atoms with E-state index in [1.807, 2.05) is 47.8 Å². The van der Waals surface area contributed by atoms with Crippen molar-refractivity contribution >= 4 is 43.8 Å². The Morgan fingerprint density at radius 1 is 1.19 bits per heavy atom. The van der Waals surface area contributed by atoms with Gasteiger partial charge in [-0.1, -0.05) is 30.3 Å². The maximum atomic E-state index is 11.9. The summed E-state index contributed by atoms with van der Waals surface area (Å²) in [4.78, 5) is 13.0. The van der Waals surface area contributed by atoms with Crippen molar-refractivity contribution in [2.45, 2.75) is 13.5 Å². The Hall–Kier alpha value is -1.65. The minimum Gasteiger partial charge on any atom is -0.487 e. The van der Waals surface area contributed by atoms with Crippen molar-refractivity contribution in [3.63, 3.8) is 0 Å². The number of halogens is 1. The lowest BCUT2D eigenvalue weighted by atomic mass is 10.0. The normalized spacial score (nSPS) is 10.8. The molecule has 0 N–H and O–H groups in total. The number of hydrogen-bond acceptors (Lipinski definition) is 3. The highest BCUT2D eigenvalue weighted by molar-refractivity contribution is 9.10. The molecule has 3 aromatic rings. The van der Waals surface area contributed by atoms with Crippen molar-refractivity contribution in [2.75, 3.05) is 0 Å². The van der Waals surface area contributed by atoms with Crippen molar-refractivity contribution in [3.05, 3.63) is 62.8 Å². The van der Waals surface area contributed by atoms with Crippen LogP contribution in [-0.2, 0) is 6.61 Å². The smallest absolute Gasteiger partial charge is 0.163 e. The number of rotatable bonds is 4. The van der Waals surface area contributed by atoms with Crippen LogP contribution in [-0.4, -0.2) is 5.78 Å². The predicted octanol–water partition coefficient (Wildman–Crippen LogP) is 5.45. The second kappa shape index (κ2) is 6.00. The van der Waals surface area contributed by atoms with Crippen LogP contribution in [0.3, 0.4) is 0 Å². The highest BCUT2D eigenvalue weighted by atomic mass is 79.9. The van der Waals surface area contributed by atoms with Crippen LogP contribution in [0.2, 0.25) is 0 Å². The second-order valence-corrected chi connectivity index (χ2v) is 6.55. The van der Waals surface area contributed by atoms with Crippen LogP contribution in [0, 0.1) is 0 Å². The van der Waals surface area contributed by atoms with E-state index < -0.39 is 0 Å². The lowest BCUT2D eigenvalue weighted by molar-refractivity contribution is 0.101. The molecule has 0 amide bonds. The van der Waals surface area contributed by atoms with Gasteiger partial charge >= 0.3 is 0 Å². The molecule has 1 aromatic heterocycles. The average Bonchev–Trinajstić information content (AvgIpc) is 2.89. The van der Waals surface area contributed by atoms with E-state index in [1.165, 1.54) is 0 Å². The number of fused-ring (bicyclic) bond motifs is 1. The van der Waals surface area contributed by atoms with E-state index in [0.29, 0.717) is 17.9 Å². The van der Waals surface area contributed by atoms with Crippen LogP contribution in [0.4, 0.5) is 0 Å². The van der Waals surface area contributed by atoms with Gasteiger partial charge in [-0.2, -0.15) is 0 Å². The summed E-state index contributed by atoms with van der Waals surface area (Å²) in [5.74, 6) is 0.682. The Labute approximate surface area is 135 Å². The molecule has 21 heavy (non-hydrogen) atoms. The van der Waals surface area contributed by atoms with E-state index >= 15 is 0 Å². The Kier molecular flexibility index (Phi) is 4.08. The van der Waals surface area contributed by atoms with E-state index in [4.69, 9.17) is 4.74 Å². The van der Waals surface area contributed by atoms with Crippen LogP contribution in [0.15, 0.2) is 52.3 Å². The lowest BCUT2D eigenvalue weighted by Crippen LogP contribution is -2.02. The molecule has 0 fully saturated rings. The fourth-order valence-corrected chi connectivity index (χ4v) is 3.62. The number of thiophene rings is 1. The van der Waals surface area contributed by atoms with Gasteiger partial charge in [0.1, 0.15) is 12.4 Å². The fourth-order valence-electron chi connectivity index (χ4n) is 2.24. The molecule has 4 heteroatoms. The molecule has 0 aliphatic rings. The number of hydrogen-bond donors (Lipinski definition) is 0. The molecule has 0 bridgehead atoms. The van der Waals surface area contributed by atoms with Crippen LogP contribution in [0.25, 0.3) is 10.8 Å². The SMILES string of the molecule is CC(=O)c1ccc2ccccc2c1OCc1sccc1Br. The third-order valence-corrected chi connectivity index (χ3v) is 5.20. The molecule has 2 aromatic carbocycles. The molecule has 0 unspecified atom stereocenters. The summed E-state index contributed by atoms with van der Waals surface area (Å²) in [6, 6.07) is 13.7. The van der Waals surface area contributed by atoms with Gasteiger partial charge in [-0.15, -0.1) is 11.3 Å². The zero-order chi connectivity index (χ0) is 14.8. The lowest BCUT2D eigenvalue weighted by Gasteiger charge is -2.12. The molecule has 0 radical (unpaired) electrons. The molecule has 0 aliphatic carbocycles. The summed E-state index contributed by atoms with van der Waals surface area (Å²) >= 11 is 5.13. The Morgan fingerprint density at radius 2 is 2.00 bits per heavy atom. The fraction of sp³-hybridized carbons (Fsp3) is 0.118. The van der Waals surface area contributed by atoms with Gasteiger partial charge in [0.25, 0.3) is 0 Å². The van der Waals surface area contributed by atoms with Gasteiger partial charge in [-0.25, -0.2) is 0 Å². The quantitative estimate of drug-likeness (QED) is 0.578. The van der Waals surface area contributed by atoms with Crippen molar-refractivity contribution in [1.82, 2.24) is 0 Å². The molecule has 0 saturated heterocycles. The van der Waals surface area contributed by atoms with E-state index in [0.717, 1.165) is 20.1 Å². The minimum atomic E-state index is 0.0148. The van der Waals surface area contributed by atoms with Crippen LogP contribution >= 0.6 is 27.3 Å². The van der Waals surface area contributed by atoms with Gasteiger partial charge in [0, 0.05) is 9.86 Å². The van der Waals surface area contributed by atoms with Gasteiger partial charge in [0.2, 0.25) is 0 Å². The predicted molar refractivity (Wildman–Crippen MR) is 90.3 cm³/mol. The molecule has 0 aliphatic heterocycles. The number of carbonyl (C=O) groups is 1. The van der Waals surface area contributed by atoms with E-state index in [-0.39, 0.29) is 5.78 Å². The molecule has 1 heterocycles. The standard InChI is InChI=1S/C17H13BrO2S/c1-11(19)13-7-6-12-4-2-3-5-14(12)17(13)20-10-16-15(18)8-9-21-16/h2-9H,10H2,1H3. The van der Waals surface area contributed by atoms with Crippen LogP contribution in [0.5, 0.6) is 5.75 Å². The summed E-state index contributed by atoms with van der Waals surface area (Å²) < 4.78 is 7.04. The van der Waals surface area contributed by atoms with Gasteiger partial charge in [-0.3, -0.25) is 4.79 Å². The summed E-state index contributed by atoms with van der Waals surface area (Å²) in [6.45, 7) is 2.02. The van der Waals surface area contributed by atoms with Gasteiger partial charge in [0.05, 0.1) is 10.4 Å². The number of Topliss-reactive ketones (excluding diaryl/α,β-unsaturated/α-hetero) is 1. The first-order chi connectivity index (χ1) is 10.2. The van der Waals surface area contributed by atoms with Gasteiger partial charge in [0.15, 0.2) is 5.78 Å². The van der Waals surface area contributed by atoms with Gasteiger partial charge < -0.3 is 4.74 Å². The van der Waals surface area contributed by atoms with Crippen LogP contribution < -0.4 is 4.74 Å². The monoisotopic (exact) mass is 360 g/mol. The zero-order valence-electron chi connectivity index (χ0n) is 11.4. The largest absolute Gasteiger partial charge is 0.487 e. The summed E-state index contributed by atoms with van der Waals surface area (Å²) in [5, 5.41) is 4.05. The van der Waals surface area contributed by atoms with E-state index in [2.05, 4.69) is 15.9 Å².